The Bertz CT molecular complexity index is 283. The van der Waals surface area contributed by atoms with Crippen molar-refractivity contribution in [3.63, 3.8) is 0 Å². The highest BCUT2D eigenvalue weighted by Gasteiger charge is 2.05. The van der Waals surface area contributed by atoms with Gasteiger partial charge in [0.05, 0.1) is 0 Å². The third kappa shape index (κ3) is 4.05. The molecule has 3 nitrogen and oxygen atoms in total. The molecule has 0 saturated heterocycles. The molecule has 1 aromatic rings. The van der Waals surface area contributed by atoms with Crippen LogP contribution in [-0.4, -0.2) is 12.2 Å². The molecular formula is C11H15NO2. The van der Waals surface area contributed by atoms with Crippen molar-refractivity contribution in [2.45, 2.75) is 26.0 Å². The van der Waals surface area contributed by atoms with Gasteiger partial charge in [-0.1, -0.05) is 30.3 Å². The van der Waals surface area contributed by atoms with E-state index in [-0.39, 0.29) is 5.97 Å². The van der Waals surface area contributed by atoms with Gasteiger partial charge in [0, 0.05) is 6.42 Å². The first-order chi connectivity index (χ1) is 6.68. The van der Waals surface area contributed by atoms with Gasteiger partial charge in [-0.15, -0.1) is 0 Å². The van der Waals surface area contributed by atoms with Crippen LogP contribution >= 0.6 is 0 Å². The number of carbonyl (C=O) groups excluding carboxylic acids is 1. The third-order valence-corrected chi connectivity index (χ3v) is 1.78. The Kier molecular flexibility index (Phi) is 4.13. The number of ether oxygens (including phenoxy) is 1. The van der Waals surface area contributed by atoms with E-state index in [2.05, 4.69) is 0 Å². The summed E-state index contributed by atoms with van der Waals surface area (Å²) < 4.78 is 4.81. The zero-order valence-corrected chi connectivity index (χ0v) is 8.27. The molecular weight excluding hydrogens is 178 g/mol. The lowest BCUT2D eigenvalue weighted by Gasteiger charge is -2.07. The maximum Gasteiger partial charge on any atom is 0.307 e. The van der Waals surface area contributed by atoms with E-state index in [0.29, 0.717) is 12.8 Å². The van der Waals surface area contributed by atoms with E-state index in [1.54, 1.807) is 6.92 Å². The molecule has 0 fully saturated rings. The number of hydrogen-bond acceptors (Lipinski definition) is 3. The van der Waals surface area contributed by atoms with Gasteiger partial charge in [0.25, 0.3) is 0 Å². The molecule has 14 heavy (non-hydrogen) atoms. The number of esters is 1. The van der Waals surface area contributed by atoms with Gasteiger partial charge in [0.15, 0.2) is 0 Å². The van der Waals surface area contributed by atoms with E-state index in [0.717, 1.165) is 5.56 Å². The van der Waals surface area contributed by atoms with Crippen molar-refractivity contribution in [1.29, 1.82) is 0 Å². The molecule has 0 aliphatic carbocycles. The lowest BCUT2D eigenvalue weighted by Crippen LogP contribution is -2.23. The number of carbonyl (C=O) groups is 1. The smallest absolute Gasteiger partial charge is 0.307 e. The quantitative estimate of drug-likeness (QED) is 0.582. The first-order valence-electron chi connectivity index (χ1n) is 4.67. The summed E-state index contributed by atoms with van der Waals surface area (Å²) in [6.45, 7) is 1.64. The lowest BCUT2D eigenvalue weighted by molar-refractivity contribution is -0.147. The number of nitrogens with two attached hydrogens (primary N) is 1. The summed E-state index contributed by atoms with van der Waals surface area (Å²) in [5.74, 6) is -0.246. The Morgan fingerprint density at radius 1 is 1.43 bits per heavy atom. The van der Waals surface area contributed by atoms with Gasteiger partial charge in [-0.25, -0.2) is 0 Å². The number of hydrogen-bond donors (Lipinski definition) is 1. The molecule has 0 aliphatic heterocycles. The summed E-state index contributed by atoms with van der Waals surface area (Å²) in [6, 6.07) is 9.82. The number of aryl methyl sites for hydroxylation is 1. The average Bonchev–Trinajstić information content (AvgIpc) is 2.15. The van der Waals surface area contributed by atoms with Gasteiger partial charge < -0.3 is 4.74 Å². The van der Waals surface area contributed by atoms with Crippen LogP contribution in [0.15, 0.2) is 30.3 Å². The van der Waals surface area contributed by atoms with Crippen LogP contribution in [-0.2, 0) is 16.0 Å². The summed E-state index contributed by atoms with van der Waals surface area (Å²) in [5, 5.41) is 0. The summed E-state index contributed by atoms with van der Waals surface area (Å²) in [5.41, 5.74) is 6.45. The first kappa shape index (κ1) is 10.7. The van der Waals surface area contributed by atoms with Gasteiger partial charge >= 0.3 is 5.97 Å². The Labute approximate surface area is 83.9 Å². The maximum absolute atomic E-state index is 11.1. The Morgan fingerprint density at radius 2 is 2.07 bits per heavy atom. The minimum atomic E-state index is -0.515. The van der Waals surface area contributed by atoms with Crippen LogP contribution in [0.25, 0.3) is 0 Å². The number of rotatable bonds is 4. The van der Waals surface area contributed by atoms with Gasteiger partial charge in [-0.2, -0.15) is 0 Å². The second-order valence-electron chi connectivity index (χ2n) is 3.18. The molecule has 0 bridgehead atoms. The minimum Gasteiger partial charge on any atom is -0.447 e. The molecule has 1 atom stereocenters. The molecule has 1 rings (SSSR count). The third-order valence-electron chi connectivity index (χ3n) is 1.78. The second-order valence-corrected chi connectivity index (χ2v) is 3.18. The van der Waals surface area contributed by atoms with Crippen LogP contribution in [0.2, 0.25) is 0 Å². The molecule has 2 N–H and O–H groups in total. The van der Waals surface area contributed by atoms with Crippen LogP contribution in [0, 0.1) is 0 Å². The van der Waals surface area contributed by atoms with Crippen molar-refractivity contribution < 1.29 is 9.53 Å². The fourth-order valence-corrected chi connectivity index (χ4v) is 1.16. The summed E-state index contributed by atoms with van der Waals surface area (Å²) in [4.78, 5) is 11.1. The first-order valence-corrected chi connectivity index (χ1v) is 4.67. The number of benzene rings is 1. The Morgan fingerprint density at radius 3 is 2.64 bits per heavy atom. The molecule has 0 heterocycles. The Balaban J connectivity index is 2.31. The Hall–Kier alpha value is -1.35. The molecule has 0 radical (unpaired) electrons. The van der Waals surface area contributed by atoms with E-state index in [1.807, 2.05) is 30.3 Å². The van der Waals surface area contributed by atoms with E-state index in [4.69, 9.17) is 10.5 Å². The highest BCUT2D eigenvalue weighted by Crippen LogP contribution is 2.03. The van der Waals surface area contributed by atoms with Crippen LogP contribution in [0.1, 0.15) is 18.9 Å². The molecule has 0 saturated carbocycles. The van der Waals surface area contributed by atoms with Crippen LogP contribution in [0.5, 0.6) is 0 Å². The molecule has 0 amide bonds. The van der Waals surface area contributed by atoms with Gasteiger partial charge in [-0.3, -0.25) is 10.5 Å². The standard InChI is InChI=1S/C11H15NO2/c1-9(12)14-11(13)8-7-10-5-3-2-4-6-10/h2-6,9H,7-8,12H2,1H3. The molecule has 1 aromatic carbocycles. The maximum atomic E-state index is 11.1. The predicted octanol–water partition coefficient (Wildman–Crippen LogP) is 1.47. The predicted molar refractivity (Wildman–Crippen MR) is 54.5 cm³/mol. The second kappa shape index (κ2) is 5.40. The fraction of sp³-hybridized carbons (Fsp3) is 0.364. The highest BCUT2D eigenvalue weighted by molar-refractivity contribution is 5.69. The summed E-state index contributed by atoms with van der Waals surface area (Å²) in [7, 11) is 0. The monoisotopic (exact) mass is 193 g/mol. The molecule has 0 aliphatic rings. The zero-order chi connectivity index (χ0) is 10.4. The van der Waals surface area contributed by atoms with E-state index in [9.17, 15) is 4.79 Å². The molecule has 3 heteroatoms. The van der Waals surface area contributed by atoms with Crippen molar-refractivity contribution in [1.82, 2.24) is 0 Å². The minimum absolute atomic E-state index is 0.246. The largest absolute Gasteiger partial charge is 0.447 e. The van der Waals surface area contributed by atoms with Crippen LogP contribution < -0.4 is 5.73 Å². The van der Waals surface area contributed by atoms with Crippen LogP contribution in [0.4, 0.5) is 0 Å². The topological polar surface area (TPSA) is 52.3 Å². The molecule has 0 spiro atoms. The lowest BCUT2D eigenvalue weighted by atomic mass is 10.1. The van der Waals surface area contributed by atoms with E-state index in [1.165, 1.54) is 0 Å². The molecule has 76 valence electrons. The molecule has 1 unspecified atom stereocenters. The van der Waals surface area contributed by atoms with Crippen molar-refractivity contribution in [3.8, 4) is 0 Å². The van der Waals surface area contributed by atoms with Crippen molar-refractivity contribution in [3.05, 3.63) is 35.9 Å². The normalized spacial score (nSPS) is 12.1. The van der Waals surface area contributed by atoms with Crippen molar-refractivity contribution in [2.24, 2.45) is 5.73 Å². The summed E-state index contributed by atoms with van der Waals surface area (Å²) in [6.07, 6.45) is 0.566. The fourth-order valence-electron chi connectivity index (χ4n) is 1.16. The summed E-state index contributed by atoms with van der Waals surface area (Å²) >= 11 is 0. The average molecular weight is 193 g/mol. The van der Waals surface area contributed by atoms with Crippen molar-refractivity contribution >= 4 is 5.97 Å². The van der Waals surface area contributed by atoms with Gasteiger partial charge in [0.1, 0.15) is 6.23 Å². The zero-order valence-electron chi connectivity index (χ0n) is 8.27. The van der Waals surface area contributed by atoms with Gasteiger partial charge in [0.2, 0.25) is 0 Å². The molecule has 0 aromatic heterocycles. The van der Waals surface area contributed by atoms with E-state index >= 15 is 0 Å². The van der Waals surface area contributed by atoms with Crippen LogP contribution in [0.3, 0.4) is 0 Å². The highest BCUT2D eigenvalue weighted by atomic mass is 16.5. The van der Waals surface area contributed by atoms with Gasteiger partial charge in [-0.05, 0) is 18.9 Å². The SMILES string of the molecule is CC(N)OC(=O)CCc1ccccc1. The van der Waals surface area contributed by atoms with E-state index < -0.39 is 6.23 Å². The van der Waals surface area contributed by atoms with Crippen molar-refractivity contribution in [2.75, 3.05) is 0 Å².